The van der Waals surface area contributed by atoms with E-state index in [2.05, 4.69) is 16.6 Å². The van der Waals surface area contributed by atoms with Gasteiger partial charge in [0, 0.05) is 18.7 Å². The van der Waals surface area contributed by atoms with E-state index in [1.54, 1.807) is 0 Å². The van der Waals surface area contributed by atoms with Crippen molar-refractivity contribution < 1.29 is 29.7 Å². The van der Waals surface area contributed by atoms with Gasteiger partial charge in [-0.25, -0.2) is 4.79 Å². The van der Waals surface area contributed by atoms with E-state index >= 15 is 0 Å². The summed E-state index contributed by atoms with van der Waals surface area (Å²) in [5.74, 6) is -2.91. The summed E-state index contributed by atoms with van der Waals surface area (Å²) in [5, 5.41) is 24.7. The van der Waals surface area contributed by atoms with Crippen LogP contribution in [0.1, 0.15) is 32.6 Å². The van der Waals surface area contributed by atoms with E-state index in [0.29, 0.717) is 38.8 Å². The molecule has 30 heavy (non-hydrogen) atoms. The van der Waals surface area contributed by atoms with Crippen LogP contribution in [0.3, 0.4) is 0 Å². The highest BCUT2D eigenvalue weighted by Crippen LogP contribution is 1.95. The molecule has 0 saturated carbocycles. The number of nitrogens with zero attached hydrogens (tertiary/aromatic N) is 2. The van der Waals surface area contributed by atoms with E-state index in [1.165, 1.54) is 6.92 Å². The zero-order valence-corrected chi connectivity index (χ0v) is 17.0. The summed E-state index contributed by atoms with van der Waals surface area (Å²) in [6.45, 7) is 5.44. The topological polar surface area (TPSA) is 293 Å². The molecule has 0 spiro atoms. The standard InChI is InChI=1S/2C6H14N4O2.C4H6O2/c2*7-4(5(11)12)2-1-3-10-6(8)9;1-3(2)4(5)6/h2*4H,1-3,7H2,(H,11,12)(H4,8,9,10);1H2,2H3,(H,5,6)/t2*4-;/m00./s1. The molecule has 0 rings (SSSR count). The summed E-state index contributed by atoms with van der Waals surface area (Å²) in [5.41, 5.74) is 30.8. The number of hydrogen-bond acceptors (Lipinski definition) is 7. The molecule has 0 saturated heterocycles. The van der Waals surface area contributed by atoms with Crippen LogP contribution in [0.2, 0.25) is 0 Å². The number of aliphatic imine (C=N–C) groups is 2. The Morgan fingerprint density at radius 1 is 0.800 bits per heavy atom. The van der Waals surface area contributed by atoms with E-state index in [1.807, 2.05) is 0 Å². The zero-order chi connectivity index (χ0) is 24.3. The van der Waals surface area contributed by atoms with Crippen LogP contribution in [0.4, 0.5) is 0 Å². The van der Waals surface area contributed by atoms with Crippen LogP contribution in [0.25, 0.3) is 0 Å². The van der Waals surface area contributed by atoms with Crippen LogP contribution in [0, 0.1) is 0 Å². The normalized spacial score (nSPS) is 11.2. The molecular formula is C16H34N8O6. The van der Waals surface area contributed by atoms with Crippen LogP contribution >= 0.6 is 0 Å². The maximum Gasteiger partial charge on any atom is 0.330 e. The highest BCUT2D eigenvalue weighted by Gasteiger charge is 2.10. The lowest BCUT2D eigenvalue weighted by molar-refractivity contribution is -0.139. The lowest BCUT2D eigenvalue weighted by Crippen LogP contribution is -2.30. The number of rotatable bonds is 11. The van der Waals surface area contributed by atoms with E-state index in [-0.39, 0.29) is 17.5 Å². The molecule has 0 aromatic heterocycles. The van der Waals surface area contributed by atoms with Crippen LogP contribution in [0.15, 0.2) is 22.1 Å². The Labute approximate surface area is 174 Å². The molecule has 0 unspecified atom stereocenters. The lowest BCUT2D eigenvalue weighted by atomic mass is 10.2. The van der Waals surface area contributed by atoms with Crippen LogP contribution in [0.5, 0.6) is 0 Å². The third kappa shape index (κ3) is 26.8. The summed E-state index contributed by atoms with van der Waals surface area (Å²) in [4.78, 5) is 37.4. The third-order valence-corrected chi connectivity index (χ3v) is 2.93. The average molecular weight is 434 g/mol. The molecule has 2 atom stereocenters. The summed E-state index contributed by atoms with van der Waals surface area (Å²) in [6.07, 6.45) is 1.91. The minimum Gasteiger partial charge on any atom is -0.480 e. The molecule has 0 aromatic carbocycles. The van der Waals surface area contributed by atoms with Gasteiger partial charge in [0.2, 0.25) is 0 Å². The molecule has 14 heteroatoms. The van der Waals surface area contributed by atoms with E-state index in [4.69, 9.17) is 49.7 Å². The van der Waals surface area contributed by atoms with Gasteiger partial charge in [-0.2, -0.15) is 0 Å². The predicted octanol–water partition coefficient (Wildman–Crippen LogP) is -2.45. The minimum atomic E-state index is -1.00. The number of carbonyl (C=O) groups is 3. The zero-order valence-electron chi connectivity index (χ0n) is 17.0. The number of carboxylic acids is 3. The average Bonchev–Trinajstić information content (AvgIpc) is 2.62. The van der Waals surface area contributed by atoms with Gasteiger partial charge in [0.1, 0.15) is 12.1 Å². The Morgan fingerprint density at radius 3 is 1.23 bits per heavy atom. The van der Waals surface area contributed by atoms with Crippen LogP contribution in [-0.4, -0.2) is 70.3 Å². The molecule has 0 aliphatic heterocycles. The SMILES string of the molecule is C=C(C)C(=O)O.NC(N)=NCCC[C@H](N)C(=O)O.NC(N)=NCCC[C@H](N)C(=O)O. The molecule has 0 radical (unpaired) electrons. The molecule has 14 nitrogen and oxygen atoms in total. The van der Waals surface area contributed by atoms with Gasteiger partial charge in [0.05, 0.1) is 0 Å². The smallest absolute Gasteiger partial charge is 0.330 e. The minimum absolute atomic E-state index is 0.0129. The van der Waals surface area contributed by atoms with Gasteiger partial charge in [-0.3, -0.25) is 19.6 Å². The van der Waals surface area contributed by atoms with Gasteiger partial charge in [-0.05, 0) is 32.6 Å². The van der Waals surface area contributed by atoms with Gasteiger partial charge in [-0.1, -0.05) is 6.58 Å². The highest BCUT2D eigenvalue weighted by atomic mass is 16.4. The van der Waals surface area contributed by atoms with Gasteiger partial charge in [0.25, 0.3) is 0 Å². The molecule has 0 fully saturated rings. The summed E-state index contributed by atoms with van der Waals surface area (Å²) in [6, 6.07) is -1.64. The first-order valence-corrected chi connectivity index (χ1v) is 8.68. The second kappa shape index (κ2) is 18.9. The quantitative estimate of drug-likeness (QED) is 0.0708. The Kier molecular flexibility index (Phi) is 19.8. The van der Waals surface area contributed by atoms with Gasteiger partial charge < -0.3 is 49.7 Å². The maximum absolute atomic E-state index is 10.2. The fraction of sp³-hybridized carbons (Fsp3) is 0.562. The van der Waals surface area contributed by atoms with E-state index in [0.717, 1.165) is 0 Å². The fourth-order valence-corrected chi connectivity index (χ4v) is 1.29. The number of carboxylic acid groups (broad SMARTS) is 3. The summed E-state index contributed by atoms with van der Waals surface area (Å²) >= 11 is 0. The number of guanidine groups is 2. The first kappa shape index (κ1) is 31.3. The predicted molar refractivity (Wildman–Crippen MR) is 113 cm³/mol. The molecule has 0 aliphatic rings. The Balaban J connectivity index is -0.000000386. The molecule has 15 N–H and O–H groups in total. The van der Waals surface area contributed by atoms with Gasteiger partial charge in [0.15, 0.2) is 11.9 Å². The summed E-state index contributed by atoms with van der Waals surface area (Å²) in [7, 11) is 0. The second-order valence-corrected chi connectivity index (χ2v) is 5.87. The maximum atomic E-state index is 10.2. The number of aliphatic carboxylic acids is 3. The summed E-state index contributed by atoms with van der Waals surface area (Å²) < 4.78 is 0. The largest absolute Gasteiger partial charge is 0.480 e. The first-order chi connectivity index (χ1) is 13.7. The molecule has 174 valence electrons. The molecule has 0 aliphatic carbocycles. The van der Waals surface area contributed by atoms with Crippen molar-refractivity contribution in [2.24, 2.45) is 44.4 Å². The highest BCUT2D eigenvalue weighted by molar-refractivity contribution is 5.84. The Hall–Kier alpha value is -3.39. The molecule has 0 heterocycles. The lowest BCUT2D eigenvalue weighted by Gasteiger charge is -2.03. The van der Waals surface area contributed by atoms with Gasteiger partial charge >= 0.3 is 17.9 Å². The molecule has 0 bridgehead atoms. The fourth-order valence-electron chi connectivity index (χ4n) is 1.29. The Bertz CT molecular complexity index is 549. The van der Waals surface area contributed by atoms with Gasteiger partial charge in [-0.15, -0.1) is 0 Å². The van der Waals surface area contributed by atoms with Crippen molar-refractivity contribution >= 4 is 29.8 Å². The van der Waals surface area contributed by atoms with Crippen molar-refractivity contribution in [2.75, 3.05) is 13.1 Å². The monoisotopic (exact) mass is 434 g/mol. The Morgan fingerprint density at radius 2 is 1.07 bits per heavy atom. The number of nitrogens with two attached hydrogens (primary N) is 6. The van der Waals surface area contributed by atoms with E-state index < -0.39 is 30.0 Å². The van der Waals surface area contributed by atoms with Crippen molar-refractivity contribution in [1.82, 2.24) is 0 Å². The molecule has 0 amide bonds. The first-order valence-electron chi connectivity index (χ1n) is 8.68. The van der Waals surface area contributed by atoms with Crippen molar-refractivity contribution in [2.45, 2.75) is 44.7 Å². The van der Waals surface area contributed by atoms with Crippen LogP contribution < -0.4 is 34.4 Å². The van der Waals surface area contributed by atoms with E-state index in [9.17, 15) is 14.4 Å². The van der Waals surface area contributed by atoms with Crippen molar-refractivity contribution in [3.05, 3.63) is 12.2 Å². The van der Waals surface area contributed by atoms with Crippen molar-refractivity contribution in [3.8, 4) is 0 Å². The third-order valence-electron chi connectivity index (χ3n) is 2.93. The number of hydrogen-bond donors (Lipinski definition) is 9. The van der Waals surface area contributed by atoms with Crippen molar-refractivity contribution in [1.29, 1.82) is 0 Å². The van der Waals surface area contributed by atoms with Crippen LogP contribution in [-0.2, 0) is 14.4 Å². The molecular weight excluding hydrogens is 400 g/mol. The second-order valence-electron chi connectivity index (χ2n) is 5.87. The van der Waals surface area contributed by atoms with Crippen molar-refractivity contribution in [3.63, 3.8) is 0 Å². The molecule has 0 aromatic rings.